The Hall–Kier alpha value is -1.36. The van der Waals surface area contributed by atoms with Gasteiger partial charge >= 0.3 is 0 Å². The lowest BCUT2D eigenvalue weighted by atomic mass is 10.2. The van der Waals surface area contributed by atoms with Crippen LogP contribution in [0.3, 0.4) is 0 Å². The summed E-state index contributed by atoms with van der Waals surface area (Å²) in [5.41, 5.74) is 1.84. The first-order valence-electron chi connectivity index (χ1n) is 5.93. The van der Waals surface area contributed by atoms with Gasteiger partial charge in [-0.3, -0.25) is 0 Å². The molecule has 0 saturated heterocycles. The molecule has 0 amide bonds. The van der Waals surface area contributed by atoms with Crippen molar-refractivity contribution >= 4 is 15.9 Å². The number of halogens is 1. The van der Waals surface area contributed by atoms with E-state index in [1.165, 1.54) is 0 Å². The molecule has 2 aromatic rings. The van der Waals surface area contributed by atoms with Crippen LogP contribution in [0, 0.1) is 0 Å². The van der Waals surface area contributed by atoms with Crippen molar-refractivity contribution in [3.05, 3.63) is 64.1 Å². The van der Waals surface area contributed by atoms with Crippen LogP contribution in [0.25, 0.3) is 0 Å². The van der Waals surface area contributed by atoms with Crippen molar-refractivity contribution in [2.45, 2.75) is 13.2 Å². The molecule has 0 unspecified atom stereocenters. The number of hydrogen-bond acceptors (Lipinski definition) is 3. The van der Waals surface area contributed by atoms with Crippen LogP contribution in [-0.4, -0.2) is 11.9 Å². The lowest BCUT2D eigenvalue weighted by molar-refractivity contribution is 0.00399. The molecule has 3 nitrogen and oxygen atoms in total. The van der Waals surface area contributed by atoms with Gasteiger partial charge in [0.05, 0.1) is 13.2 Å². The van der Waals surface area contributed by atoms with E-state index in [2.05, 4.69) is 15.9 Å². The van der Waals surface area contributed by atoms with Crippen LogP contribution in [0.2, 0.25) is 0 Å². The predicted molar refractivity (Wildman–Crippen MR) is 76.8 cm³/mol. The van der Waals surface area contributed by atoms with E-state index < -0.39 is 0 Å². The molecule has 0 saturated carbocycles. The summed E-state index contributed by atoms with van der Waals surface area (Å²) >= 11 is 3.35. The van der Waals surface area contributed by atoms with Gasteiger partial charge in [0.15, 0.2) is 6.79 Å². The average Bonchev–Trinajstić information content (AvgIpc) is 2.46. The molecule has 19 heavy (non-hydrogen) atoms. The third-order valence-electron chi connectivity index (χ3n) is 2.60. The highest BCUT2D eigenvalue weighted by atomic mass is 79.9. The van der Waals surface area contributed by atoms with Gasteiger partial charge in [-0.1, -0.05) is 46.3 Å². The first kappa shape index (κ1) is 14.1. The van der Waals surface area contributed by atoms with Gasteiger partial charge in [0.1, 0.15) is 5.75 Å². The Morgan fingerprint density at radius 2 is 1.84 bits per heavy atom. The molecular formula is C15H15BrO3. The minimum absolute atomic E-state index is 0.0620. The van der Waals surface area contributed by atoms with Gasteiger partial charge in [-0.15, -0.1) is 0 Å². The van der Waals surface area contributed by atoms with E-state index in [1.54, 1.807) is 0 Å². The normalized spacial score (nSPS) is 10.4. The number of aliphatic hydroxyl groups is 1. The van der Waals surface area contributed by atoms with Gasteiger partial charge in [0, 0.05) is 10.0 Å². The van der Waals surface area contributed by atoms with Gasteiger partial charge < -0.3 is 14.6 Å². The minimum Gasteiger partial charge on any atom is -0.467 e. The summed E-state index contributed by atoms with van der Waals surface area (Å²) in [7, 11) is 0. The van der Waals surface area contributed by atoms with Crippen LogP contribution in [0.1, 0.15) is 11.1 Å². The Morgan fingerprint density at radius 1 is 1.05 bits per heavy atom. The molecule has 0 aliphatic carbocycles. The van der Waals surface area contributed by atoms with Crippen LogP contribution in [-0.2, 0) is 18.0 Å². The molecule has 0 aliphatic heterocycles. The first-order valence-corrected chi connectivity index (χ1v) is 6.72. The Bertz CT molecular complexity index is 514. The van der Waals surface area contributed by atoms with E-state index in [-0.39, 0.29) is 13.4 Å². The monoisotopic (exact) mass is 322 g/mol. The fourth-order valence-corrected chi connectivity index (χ4v) is 2.06. The zero-order valence-corrected chi connectivity index (χ0v) is 12.0. The molecule has 0 aromatic heterocycles. The summed E-state index contributed by atoms with van der Waals surface area (Å²) in [6, 6.07) is 15.4. The van der Waals surface area contributed by atoms with Crippen LogP contribution in [0.5, 0.6) is 5.75 Å². The highest BCUT2D eigenvalue weighted by Gasteiger charge is 2.03. The summed E-state index contributed by atoms with van der Waals surface area (Å²) in [6.07, 6.45) is 0. The minimum atomic E-state index is -0.0620. The summed E-state index contributed by atoms with van der Waals surface area (Å²) in [6.45, 7) is 0.600. The van der Waals surface area contributed by atoms with Gasteiger partial charge in [0.2, 0.25) is 0 Å². The lowest BCUT2D eigenvalue weighted by Gasteiger charge is -2.11. The van der Waals surface area contributed by atoms with Crippen LogP contribution < -0.4 is 4.74 Å². The molecule has 0 atom stereocenters. The highest BCUT2D eigenvalue weighted by molar-refractivity contribution is 9.10. The standard InChI is InChI=1S/C15H15BrO3/c16-14-6-7-15(13(8-14)9-17)19-11-18-10-12-4-2-1-3-5-12/h1-8,17H,9-11H2. The van der Waals surface area contributed by atoms with Gasteiger partial charge in [-0.2, -0.15) is 0 Å². The van der Waals surface area contributed by atoms with E-state index >= 15 is 0 Å². The smallest absolute Gasteiger partial charge is 0.189 e. The number of ether oxygens (including phenoxy) is 2. The van der Waals surface area contributed by atoms with E-state index in [0.717, 1.165) is 15.6 Å². The molecule has 0 aliphatic rings. The predicted octanol–water partition coefficient (Wildman–Crippen LogP) is 3.49. The molecule has 0 heterocycles. The average molecular weight is 323 g/mol. The van der Waals surface area contributed by atoms with Crippen LogP contribution >= 0.6 is 15.9 Å². The fourth-order valence-electron chi connectivity index (χ4n) is 1.65. The molecule has 1 N–H and O–H groups in total. The van der Waals surface area contributed by atoms with Crippen LogP contribution in [0.4, 0.5) is 0 Å². The number of hydrogen-bond donors (Lipinski definition) is 1. The summed E-state index contributed by atoms with van der Waals surface area (Å²) in [5, 5.41) is 9.24. The molecule has 0 spiro atoms. The lowest BCUT2D eigenvalue weighted by Crippen LogP contribution is -2.04. The Morgan fingerprint density at radius 3 is 2.58 bits per heavy atom. The molecular weight excluding hydrogens is 308 g/mol. The fraction of sp³-hybridized carbons (Fsp3) is 0.200. The largest absolute Gasteiger partial charge is 0.467 e. The molecule has 0 fully saturated rings. The van der Waals surface area contributed by atoms with Crippen molar-refractivity contribution in [2.24, 2.45) is 0 Å². The second-order valence-corrected chi connectivity index (χ2v) is 4.92. The van der Waals surface area contributed by atoms with E-state index in [4.69, 9.17) is 9.47 Å². The molecule has 0 radical (unpaired) electrons. The zero-order chi connectivity index (χ0) is 13.5. The third kappa shape index (κ3) is 4.35. The quantitative estimate of drug-likeness (QED) is 0.653. The van der Waals surface area contributed by atoms with Crippen molar-refractivity contribution in [1.29, 1.82) is 0 Å². The maximum absolute atomic E-state index is 9.24. The second-order valence-electron chi connectivity index (χ2n) is 4.01. The Kier molecular flexibility index (Phi) is 5.39. The molecule has 100 valence electrons. The number of benzene rings is 2. The maximum atomic E-state index is 9.24. The van der Waals surface area contributed by atoms with E-state index in [1.807, 2.05) is 48.5 Å². The highest BCUT2D eigenvalue weighted by Crippen LogP contribution is 2.23. The number of rotatable bonds is 6. The van der Waals surface area contributed by atoms with E-state index in [9.17, 15) is 5.11 Å². The SMILES string of the molecule is OCc1cc(Br)ccc1OCOCc1ccccc1. The maximum Gasteiger partial charge on any atom is 0.189 e. The van der Waals surface area contributed by atoms with Gasteiger partial charge in [0.25, 0.3) is 0 Å². The zero-order valence-electron chi connectivity index (χ0n) is 10.4. The van der Waals surface area contributed by atoms with Crippen molar-refractivity contribution in [3.63, 3.8) is 0 Å². The van der Waals surface area contributed by atoms with Crippen molar-refractivity contribution in [2.75, 3.05) is 6.79 Å². The molecule has 2 aromatic carbocycles. The Balaban J connectivity index is 1.83. The second kappa shape index (κ2) is 7.28. The number of aliphatic hydroxyl groups excluding tert-OH is 1. The summed E-state index contributed by atoms with van der Waals surface area (Å²) in [4.78, 5) is 0. The first-order chi connectivity index (χ1) is 9.29. The van der Waals surface area contributed by atoms with Crippen molar-refractivity contribution < 1.29 is 14.6 Å². The summed E-state index contributed by atoms with van der Waals surface area (Å²) in [5.74, 6) is 0.638. The van der Waals surface area contributed by atoms with Crippen LogP contribution in [0.15, 0.2) is 53.0 Å². The van der Waals surface area contributed by atoms with Crippen molar-refractivity contribution in [3.8, 4) is 5.75 Å². The van der Waals surface area contributed by atoms with E-state index in [0.29, 0.717) is 12.4 Å². The Labute approximate surface area is 120 Å². The van der Waals surface area contributed by atoms with Crippen molar-refractivity contribution in [1.82, 2.24) is 0 Å². The third-order valence-corrected chi connectivity index (χ3v) is 3.10. The topological polar surface area (TPSA) is 38.7 Å². The molecule has 2 rings (SSSR count). The molecule has 0 bridgehead atoms. The van der Waals surface area contributed by atoms with Gasteiger partial charge in [-0.05, 0) is 23.8 Å². The van der Waals surface area contributed by atoms with Gasteiger partial charge in [-0.25, -0.2) is 0 Å². The molecule has 4 heteroatoms. The summed E-state index contributed by atoms with van der Waals surface area (Å²) < 4.78 is 11.9.